The van der Waals surface area contributed by atoms with E-state index in [0.717, 1.165) is 17.2 Å². The lowest BCUT2D eigenvalue weighted by Crippen LogP contribution is -2.22. The molecule has 98 valence electrons. The number of rotatable bonds is 4. The van der Waals surface area contributed by atoms with Gasteiger partial charge in [0.05, 0.1) is 17.4 Å². The van der Waals surface area contributed by atoms with Crippen molar-refractivity contribution in [3.05, 3.63) is 28.0 Å². The van der Waals surface area contributed by atoms with Crippen LogP contribution in [0.1, 0.15) is 36.3 Å². The van der Waals surface area contributed by atoms with Gasteiger partial charge in [-0.25, -0.2) is 9.67 Å². The summed E-state index contributed by atoms with van der Waals surface area (Å²) >= 11 is 1.72. The fraction of sp³-hybridized carbons (Fsp3) is 0.583. The third-order valence-electron chi connectivity index (χ3n) is 2.48. The van der Waals surface area contributed by atoms with E-state index in [9.17, 15) is 0 Å². The third-order valence-corrected chi connectivity index (χ3v) is 3.39. The van der Waals surface area contributed by atoms with Crippen molar-refractivity contribution < 1.29 is 0 Å². The second-order valence-corrected chi connectivity index (χ2v) is 6.61. The van der Waals surface area contributed by atoms with Gasteiger partial charge in [-0.15, -0.1) is 16.4 Å². The number of nitrogens with one attached hydrogen (secondary N) is 1. The standard InChI is InChI=1S/C12H19N5S/c1-9-5-14-11(18-9)7-13-6-10-8-17(16-15-10)12(2,3)4/h5,8,13H,6-7H2,1-4H3. The molecule has 0 amide bonds. The van der Waals surface area contributed by atoms with E-state index in [1.54, 1.807) is 11.3 Å². The monoisotopic (exact) mass is 265 g/mol. The van der Waals surface area contributed by atoms with Crippen molar-refractivity contribution in [3.63, 3.8) is 0 Å². The molecule has 6 heteroatoms. The second-order valence-electron chi connectivity index (χ2n) is 5.29. The quantitative estimate of drug-likeness (QED) is 0.919. The van der Waals surface area contributed by atoms with Crippen LogP contribution < -0.4 is 5.32 Å². The zero-order valence-electron chi connectivity index (χ0n) is 11.3. The molecule has 0 aliphatic carbocycles. The maximum absolute atomic E-state index is 4.31. The molecular formula is C12H19N5S. The van der Waals surface area contributed by atoms with Crippen molar-refractivity contribution in [3.8, 4) is 0 Å². The molecule has 0 fully saturated rings. The van der Waals surface area contributed by atoms with Crippen LogP contribution in [0.5, 0.6) is 0 Å². The second kappa shape index (κ2) is 5.16. The van der Waals surface area contributed by atoms with E-state index in [2.05, 4.69) is 48.3 Å². The van der Waals surface area contributed by atoms with E-state index >= 15 is 0 Å². The summed E-state index contributed by atoms with van der Waals surface area (Å²) in [6.45, 7) is 9.89. The SMILES string of the molecule is Cc1cnc(CNCc2cn(C(C)(C)C)nn2)s1. The third kappa shape index (κ3) is 3.36. The Hall–Kier alpha value is -1.27. The number of hydrogen-bond donors (Lipinski definition) is 1. The predicted octanol–water partition coefficient (Wildman–Crippen LogP) is 2.09. The first kappa shape index (κ1) is 13.2. The number of aromatic nitrogens is 4. The molecule has 0 bridgehead atoms. The first-order chi connectivity index (χ1) is 8.45. The van der Waals surface area contributed by atoms with Crippen LogP contribution in [-0.4, -0.2) is 20.0 Å². The summed E-state index contributed by atoms with van der Waals surface area (Å²) in [4.78, 5) is 5.55. The molecule has 0 radical (unpaired) electrons. The Kier molecular flexibility index (Phi) is 3.77. The lowest BCUT2D eigenvalue weighted by molar-refractivity contribution is 0.347. The van der Waals surface area contributed by atoms with Gasteiger partial charge in [-0.2, -0.15) is 0 Å². The van der Waals surface area contributed by atoms with Crippen LogP contribution in [0.15, 0.2) is 12.4 Å². The molecule has 18 heavy (non-hydrogen) atoms. The Morgan fingerprint density at radius 1 is 1.33 bits per heavy atom. The molecule has 0 atom stereocenters. The molecule has 0 aliphatic heterocycles. The van der Waals surface area contributed by atoms with Crippen LogP contribution in [0.2, 0.25) is 0 Å². The van der Waals surface area contributed by atoms with Crippen molar-refractivity contribution in [2.75, 3.05) is 0 Å². The highest BCUT2D eigenvalue weighted by Gasteiger charge is 2.14. The zero-order chi connectivity index (χ0) is 13.2. The molecule has 0 aromatic carbocycles. The number of hydrogen-bond acceptors (Lipinski definition) is 5. The predicted molar refractivity (Wildman–Crippen MR) is 72.4 cm³/mol. The first-order valence-corrected chi connectivity index (χ1v) is 6.80. The van der Waals surface area contributed by atoms with Crippen LogP contribution in [-0.2, 0) is 18.6 Å². The highest BCUT2D eigenvalue weighted by Crippen LogP contribution is 2.12. The fourth-order valence-corrected chi connectivity index (χ4v) is 2.24. The molecular weight excluding hydrogens is 246 g/mol. The fourth-order valence-electron chi connectivity index (χ4n) is 1.49. The summed E-state index contributed by atoms with van der Waals surface area (Å²) in [6, 6.07) is 0. The minimum absolute atomic E-state index is 0.0162. The molecule has 2 rings (SSSR count). The summed E-state index contributed by atoms with van der Waals surface area (Å²) < 4.78 is 1.89. The van der Waals surface area contributed by atoms with Crippen LogP contribution in [0.4, 0.5) is 0 Å². The van der Waals surface area contributed by atoms with E-state index in [-0.39, 0.29) is 5.54 Å². The van der Waals surface area contributed by atoms with Gasteiger partial charge in [-0.3, -0.25) is 0 Å². The van der Waals surface area contributed by atoms with Gasteiger partial charge >= 0.3 is 0 Å². The van der Waals surface area contributed by atoms with Crippen molar-refractivity contribution in [1.82, 2.24) is 25.3 Å². The van der Waals surface area contributed by atoms with Gasteiger partial charge in [0.15, 0.2) is 0 Å². The molecule has 0 aliphatic rings. The van der Waals surface area contributed by atoms with Gasteiger partial charge in [0.1, 0.15) is 5.01 Å². The summed E-state index contributed by atoms with van der Waals surface area (Å²) in [5.41, 5.74) is 0.940. The smallest absolute Gasteiger partial charge is 0.107 e. The lowest BCUT2D eigenvalue weighted by Gasteiger charge is -2.17. The van der Waals surface area contributed by atoms with Crippen molar-refractivity contribution in [1.29, 1.82) is 0 Å². The largest absolute Gasteiger partial charge is 0.305 e. The zero-order valence-corrected chi connectivity index (χ0v) is 12.1. The van der Waals surface area contributed by atoms with E-state index in [1.807, 2.05) is 17.1 Å². The van der Waals surface area contributed by atoms with Crippen molar-refractivity contribution in [2.24, 2.45) is 0 Å². The van der Waals surface area contributed by atoms with Gasteiger partial charge in [-0.1, -0.05) is 5.21 Å². The molecule has 2 aromatic rings. The highest BCUT2D eigenvalue weighted by atomic mass is 32.1. The highest BCUT2D eigenvalue weighted by molar-refractivity contribution is 7.11. The average Bonchev–Trinajstić information content (AvgIpc) is 2.87. The molecule has 1 N–H and O–H groups in total. The first-order valence-electron chi connectivity index (χ1n) is 5.99. The van der Waals surface area contributed by atoms with Crippen LogP contribution in [0, 0.1) is 6.92 Å². The number of nitrogens with zero attached hydrogens (tertiary/aromatic N) is 4. The lowest BCUT2D eigenvalue weighted by atomic mass is 10.1. The van der Waals surface area contributed by atoms with Gasteiger partial charge in [0.2, 0.25) is 0 Å². The van der Waals surface area contributed by atoms with Gasteiger partial charge < -0.3 is 5.32 Å². The van der Waals surface area contributed by atoms with Crippen molar-refractivity contribution in [2.45, 2.75) is 46.3 Å². The summed E-state index contributed by atoms with van der Waals surface area (Å²) in [7, 11) is 0. The van der Waals surface area contributed by atoms with Crippen molar-refractivity contribution >= 4 is 11.3 Å². The molecule has 2 aromatic heterocycles. The minimum Gasteiger partial charge on any atom is -0.305 e. The van der Waals surface area contributed by atoms with Gasteiger partial charge in [0.25, 0.3) is 0 Å². The maximum Gasteiger partial charge on any atom is 0.107 e. The summed E-state index contributed by atoms with van der Waals surface area (Å²) in [5, 5.41) is 12.7. The molecule has 0 unspecified atom stereocenters. The van der Waals surface area contributed by atoms with Crippen LogP contribution >= 0.6 is 11.3 Å². The molecule has 0 spiro atoms. The average molecular weight is 265 g/mol. The number of aryl methyl sites for hydroxylation is 1. The van der Waals surface area contributed by atoms with E-state index in [4.69, 9.17) is 0 Å². The Morgan fingerprint density at radius 2 is 2.11 bits per heavy atom. The summed E-state index contributed by atoms with van der Waals surface area (Å²) in [5.74, 6) is 0. The van der Waals surface area contributed by atoms with Crippen LogP contribution in [0.3, 0.4) is 0 Å². The Bertz CT molecular complexity index is 509. The molecule has 0 saturated carbocycles. The van der Waals surface area contributed by atoms with E-state index < -0.39 is 0 Å². The van der Waals surface area contributed by atoms with E-state index in [0.29, 0.717) is 6.54 Å². The minimum atomic E-state index is -0.0162. The Balaban J connectivity index is 1.85. The molecule has 5 nitrogen and oxygen atoms in total. The Morgan fingerprint density at radius 3 is 2.67 bits per heavy atom. The van der Waals surface area contributed by atoms with Gasteiger partial charge in [0, 0.05) is 24.2 Å². The molecule has 2 heterocycles. The van der Waals surface area contributed by atoms with Gasteiger partial charge in [-0.05, 0) is 27.7 Å². The molecule has 0 saturated heterocycles. The normalized spacial score (nSPS) is 12.0. The van der Waals surface area contributed by atoms with Crippen LogP contribution in [0.25, 0.3) is 0 Å². The number of thiazole rings is 1. The van der Waals surface area contributed by atoms with E-state index in [1.165, 1.54) is 4.88 Å². The maximum atomic E-state index is 4.31. The topological polar surface area (TPSA) is 55.6 Å². The Labute approximate surface area is 111 Å². The summed E-state index contributed by atoms with van der Waals surface area (Å²) in [6.07, 6.45) is 3.89.